The lowest BCUT2D eigenvalue weighted by Gasteiger charge is -2.33. The molecular weight excluding hydrogens is 335 g/mol. The van der Waals surface area contributed by atoms with Crippen molar-refractivity contribution in [2.24, 2.45) is 10.7 Å². The van der Waals surface area contributed by atoms with Crippen LogP contribution in [0.25, 0.3) is 5.57 Å². The van der Waals surface area contributed by atoms with Gasteiger partial charge in [-0.05, 0) is 41.8 Å². The van der Waals surface area contributed by atoms with Gasteiger partial charge in [-0.1, -0.05) is 12.1 Å². The number of nitrogens with two attached hydrogens (primary N) is 1. The van der Waals surface area contributed by atoms with Gasteiger partial charge in [0.2, 0.25) is 0 Å². The third-order valence-electron chi connectivity index (χ3n) is 5.10. The fourth-order valence-corrected chi connectivity index (χ4v) is 3.82. The van der Waals surface area contributed by atoms with Crippen LogP contribution in [0.5, 0.6) is 11.5 Å². The molecule has 2 aromatic rings. The number of rotatable bonds is 1. The van der Waals surface area contributed by atoms with Crippen LogP contribution in [0.1, 0.15) is 23.1 Å². The molecule has 26 heavy (non-hydrogen) atoms. The molecule has 0 saturated heterocycles. The normalized spacial score (nSPS) is 23.4. The highest BCUT2D eigenvalue weighted by Crippen LogP contribution is 2.51. The van der Waals surface area contributed by atoms with Crippen LogP contribution in [0.2, 0.25) is 0 Å². The van der Waals surface area contributed by atoms with Gasteiger partial charge in [0.15, 0.2) is 5.54 Å². The highest BCUT2D eigenvalue weighted by molar-refractivity contribution is 5.77. The monoisotopic (exact) mass is 352 g/mol. The fourth-order valence-electron chi connectivity index (χ4n) is 3.82. The molecule has 0 unspecified atom stereocenters. The molecule has 3 heterocycles. The Morgan fingerprint density at radius 3 is 2.77 bits per heavy atom. The third kappa shape index (κ3) is 2.22. The van der Waals surface area contributed by atoms with Crippen molar-refractivity contribution >= 4 is 11.6 Å². The first-order valence-electron chi connectivity index (χ1n) is 8.53. The lowest BCUT2D eigenvalue weighted by molar-refractivity contribution is 0.161. The van der Waals surface area contributed by atoms with Crippen molar-refractivity contribution in [3.05, 3.63) is 65.0 Å². The molecule has 0 saturated carbocycles. The summed E-state index contributed by atoms with van der Waals surface area (Å²) < 4.78 is 30.6. The first-order valence-corrected chi connectivity index (χ1v) is 8.53. The van der Waals surface area contributed by atoms with Crippen molar-refractivity contribution in [1.29, 1.82) is 0 Å². The number of benzene rings is 2. The topological polar surface area (TPSA) is 66.1 Å². The van der Waals surface area contributed by atoms with Crippen molar-refractivity contribution in [1.82, 2.24) is 0 Å². The van der Waals surface area contributed by atoms with E-state index in [-0.39, 0.29) is 18.4 Å². The summed E-state index contributed by atoms with van der Waals surface area (Å²) in [5, 5.41) is 0. The molecule has 0 amide bonds. The molecular formula is C20H17FN2O3. The Labute approximate surface area is 149 Å². The highest BCUT2D eigenvalue weighted by atomic mass is 19.1. The van der Waals surface area contributed by atoms with Crippen LogP contribution < -0.4 is 10.5 Å². The van der Waals surface area contributed by atoms with Crippen LogP contribution in [0.4, 0.5) is 4.39 Å². The van der Waals surface area contributed by atoms with E-state index in [1.54, 1.807) is 6.07 Å². The molecule has 0 aromatic heterocycles. The Hall–Kier alpha value is -2.86. The smallest absolute Gasteiger partial charge is 0.283 e. The van der Waals surface area contributed by atoms with Gasteiger partial charge in [-0.25, -0.2) is 9.38 Å². The molecule has 6 heteroatoms. The molecule has 0 aliphatic carbocycles. The predicted molar refractivity (Wildman–Crippen MR) is 94.7 cm³/mol. The van der Waals surface area contributed by atoms with Gasteiger partial charge in [0, 0.05) is 17.2 Å². The van der Waals surface area contributed by atoms with Crippen molar-refractivity contribution in [2.45, 2.75) is 12.0 Å². The standard InChI is InChI=1S/C20H17FN2O3/c21-14-2-3-15-18(10-14)26-17-4-1-13(12-5-7-24-8-6-12)9-16(17)20(15)11-25-19(22)23-20/h1-5,9-10H,6-8,11H2,(H2,22,23)/t20-/m1/s1. The highest BCUT2D eigenvalue weighted by Gasteiger charge is 2.47. The van der Waals surface area contributed by atoms with E-state index in [9.17, 15) is 4.39 Å². The van der Waals surface area contributed by atoms with E-state index in [4.69, 9.17) is 19.9 Å². The van der Waals surface area contributed by atoms with Gasteiger partial charge in [0.05, 0.1) is 13.2 Å². The van der Waals surface area contributed by atoms with E-state index in [0.29, 0.717) is 24.7 Å². The number of hydrogen-bond donors (Lipinski definition) is 1. The van der Waals surface area contributed by atoms with Gasteiger partial charge in [-0.3, -0.25) is 0 Å². The Morgan fingerprint density at radius 1 is 1.08 bits per heavy atom. The van der Waals surface area contributed by atoms with Gasteiger partial charge >= 0.3 is 0 Å². The number of ether oxygens (including phenoxy) is 3. The van der Waals surface area contributed by atoms with Crippen molar-refractivity contribution in [2.75, 3.05) is 19.8 Å². The number of nitrogens with zero attached hydrogens (tertiary/aromatic N) is 1. The molecule has 1 spiro atoms. The zero-order valence-electron chi connectivity index (χ0n) is 14.0. The summed E-state index contributed by atoms with van der Waals surface area (Å²) in [6.45, 7) is 1.59. The predicted octanol–water partition coefficient (Wildman–Crippen LogP) is 3.32. The number of fused-ring (bicyclic) bond motifs is 4. The average molecular weight is 352 g/mol. The molecule has 3 aliphatic heterocycles. The molecule has 5 rings (SSSR count). The maximum absolute atomic E-state index is 13.7. The fraction of sp³-hybridized carbons (Fsp3) is 0.250. The van der Waals surface area contributed by atoms with Gasteiger partial charge < -0.3 is 19.9 Å². The summed E-state index contributed by atoms with van der Waals surface area (Å²) in [4.78, 5) is 4.60. The first kappa shape index (κ1) is 15.4. The molecule has 0 fully saturated rings. The van der Waals surface area contributed by atoms with E-state index >= 15 is 0 Å². The summed E-state index contributed by atoms with van der Waals surface area (Å²) >= 11 is 0. The largest absolute Gasteiger partial charge is 0.462 e. The maximum Gasteiger partial charge on any atom is 0.283 e. The zero-order chi connectivity index (χ0) is 17.7. The molecule has 2 N–H and O–H groups in total. The minimum absolute atomic E-state index is 0.129. The number of amidine groups is 1. The van der Waals surface area contributed by atoms with Crippen LogP contribution in [0.15, 0.2) is 47.5 Å². The van der Waals surface area contributed by atoms with Crippen LogP contribution >= 0.6 is 0 Å². The van der Waals surface area contributed by atoms with Crippen LogP contribution in [-0.2, 0) is 15.0 Å². The summed E-state index contributed by atoms with van der Waals surface area (Å²) in [5.41, 5.74) is 8.99. The summed E-state index contributed by atoms with van der Waals surface area (Å²) in [6, 6.07) is 10.6. The van der Waals surface area contributed by atoms with Crippen molar-refractivity contribution in [3.63, 3.8) is 0 Å². The summed E-state index contributed by atoms with van der Waals surface area (Å²) in [7, 11) is 0. The van der Waals surface area contributed by atoms with Crippen molar-refractivity contribution in [3.8, 4) is 11.5 Å². The second kappa shape index (κ2) is 5.57. The lowest BCUT2D eigenvalue weighted by Crippen LogP contribution is -2.31. The number of hydrogen-bond acceptors (Lipinski definition) is 5. The zero-order valence-corrected chi connectivity index (χ0v) is 14.0. The van der Waals surface area contributed by atoms with E-state index in [1.165, 1.54) is 17.7 Å². The SMILES string of the molecule is NC1=N[C@]2(CO1)c1ccc(F)cc1Oc1ccc(C3=CCOCC3)cc12. The van der Waals surface area contributed by atoms with E-state index < -0.39 is 5.54 Å². The molecule has 0 radical (unpaired) electrons. The molecule has 0 bridgehead atoms. The van der Waals surface area contributed by atoms with E-state index in [2.05, 4.69) is 17.1 Å². The molecule has 132 valence electrons. The molecule has 5 nitrogen and oxygen atoms in total. The lowest BCUT2D eigenvalue weighted by atomic mass is 9.80. The minimum Gasteiger partial charge on any atom is -0.462 e. The van der Waals surface area contributed by atoms with Gasteiger partial charge in [-0.2, -0.15) is 0 Å². The number of aliphatic imine (C=N–C) groups is 1. The minimum atomic E-state index is -0.817. The summed E-state index contributed by atoms with van der Waals surface area (Å²) in [6.07, 6.45) is 2.95. The quantitative estimate of drug-likeness (QED) is 0.855. The first-order chi connectivity index (χ1) is 12.7. The molecule has 1 atom stereocenters. The van der Waals surface area contributed by atoms with Crippen LogP contribution in [-0.4, -0.2) is 25.8 Å². The second-order valence-electron chi connectivity index (χ2n) is 6.61. The van der Waals surface area contributed by atoms with Gasteiger partial charge in [-0.15, -0.1) is 0 Å². The summed E-state index contributed by atoms with van der Waals surface area (Å²) in [5.74, 6) is 0.723. The average Bonchev–Trinajstić information content (AvgIpc) is 3.04. The van der Waals surface area contributed by atoms with Gasteiger partial charge in [0.1, 0.15) is 23.9 Å². The van der Waals surface area contributed by atoms with Gasteiger partial charge in [0.25, 0.3) is 6.02 Å². The van der Waals surface area contributed by atoms with E-state index in [1.807, 2.05) is 12.1 Å². The van der Waals surface area contributed by atoms with E-state index in [0.717, 1.165) is 23.1 Å². The molecule has 2 aromatic carbocycles. The Bertz CT molecular complexity index is 970. The maximum atomic E-state index is 13.7. The van der Waals surface area contributed by atoms with Crippen LogP contribution in [0, 0.1) is 5.82 Å². The Kier molecular flexibility index (Phi) is 3.30. The second-order valence-corrected chi connectivity index (χ2v) is 6.61. The van der Waals surface area contributed by atoms with Crippen molar-refractivity contribution < 1.29 is 18.6 Å². The van der Waals surface area contributed by atoms with Crippen LogP contribution in [0.3, 0.4) is 0 Å². The Balaban J connectivity index is 1.71. The third-order valence-corrected chi connectivity index (χ3v) is 5.10. The number of halogens is 1. The Morgan fingerprint density at radius 2 is 2.00 bits per heavy atom. The molecule has 3 aliphatic rings.